The Morgan fingerprint density at radius 1 is 0.686 bits per heavy atom. The number of hydrogen-bond acceptors (Lipinski definition) is 11. The van der Waals surface area contributed by atoms with Crippen molar-refractivity contribution in [3.8, 4) is 0 Å². The molecule has 2 aromatic heterocycles. The molecule has 0 fully saturated rings. The maximum atomic E-state index is 11.8. The van der Waals surface area contributed by atoms with Gasteiger partial charge in [0.1, 0.15) is 12.1 Å². The van der Waals surface area contributed by atoms with Gasteiger partial charge in [0.2, 0.25) is 0 Å². The molecule has 4 N–H and O–H groups in total. The predicted molar refractivity (Wildman–Crippen MR) is 220 cm³/mol. The molecule has 0 bridgehead atoms. The molecule has 2 amide bonds. The fourth-order valence-electron chi connectivity index (χ4n) is 4.47. The lowest BCUT2D eigenvalue weighted by atomic mass is 10.1. The van der Waals surface area contributed by atoms with Crippen LogP contribution < -0.4 is 16.6 Å². The van der Waals surface area contributed by atoms with Gasteiger partial charge >= 0.3 is 5.97 Å². The highest BCUT2D eigenvalue weighted by atomic mass is 35.5. The van der Waals surface area contributed by atoms with E-state index >= 15 is 0 Å². The molecular weight excluding hydrogens is 766 g/mol. The first-order valence-corrected chi connectivity index (χ1v) is 19.8. The molecule has 4 rings (SSSR count). The lowest BCUT2D eigenvalue weighted by Gasteiger charge is -2.19. The standard InChI is InChI=1S/C21H28N2O3S2.C15H19N3OS2.2ClH/c1-15-23-18(14-28-15)10-9-16-5-7-17(8-6-16)11-12-27-20(25)22-13-19(24)26-21(2,3)4;1-11-17-14(10-21-11)7-6-12-2-4-13(5-3-12)8-9-20-15(19)18-16;;/h5-8,14H,9-13H2,1-4H3,(H,22,25);2-5,10H,6-9,16H2,1H3,(H,18,19);2*1H. The number of ether oxygens (including phenoxy) is 1. The van der Waals surface area contributed by atoms with Gasteiger partial charge in [0, 0.05) is 22.3 Å². The Morgan fingerprint density at radius 2 is 1.08 bits per heavy atom. The zero-order valence-electron chi connectivity index (χ0n) is 29.7. The van der Waals surface area contributed by atoms with Gasteiger partial charge in [-0.25, -0.2) is 15.8 Å². The predicted octanol–water partition coefficient (Wildman–Crippen LogP) is 8.50. The zero-order chi connectivity index (χ0) is 35.6. The molecule has 280 valence electrons. The van der Waals surface area contributed by atoms with Crippen LogP contribution in [0.1, 0.15) is 64.4 Å². The minimum absolute atomic E-state index is 0. The number of thioether (sulfide) groups is 2. The summed E-state index contributed by atoms with van der Waals surface area (Å²) in [7, 11) is 0. The summed E-state index contributed by atoms with van der Waals surface area (Å²) in [6, 6.07) is 17.1. The van der Waals surface area contributed by atoms with Gasteiger partial charge in [0.25, 0.3) is 10.5 Å². The minimum atomic E-state index is -0.541. The molecule has 9 nitrogen and oxygen atoms in total. The van der Waals surface area contributed by atoms with Crippen LogP contribution in [-0.2, 0) is 48.1 Å². The van der Waals surface area contributed by atoms with Crippen LogP contribution in [0.15, 0.2) is 59.3 Å². The average Bonchev–Trinajstić information content (AvgIpc) is 3.69. The van der Waals surface area contributed by atoms with Crippen molar-refractivity contribution in [2.45, 2.75) is 78.7 Å². The number of carbonyl (C=O) groups excluding carboxylic acids is 3. The van der Waals surface area contributed by atoms with Crippen LogP contribution in [-0.4, -0.2) is 50.1 Å². The first-order valence-electron chi connectivity index (χ1n) is 16.1. The van der Waals surface area contributed by atoms with Crippen molar-refractivity contribution in [3.05, 3.63) is 103 Å². The number of amides is 2. The van der Waals surface area contributed by atoms with Gasteiger partial charge in [-0.1, -0.05) is 72.1 Å². The van der Waals surface area contributed by atoms with Gasteiger partial charge in [0.15, 0.2) is 0 Å². The molecule has 2 heterocycles. The molecule has 0 aliphatic carbocycles. The Kier molecular flexibility index (Phi) is 22.3. The van der Waals surface area contributed by atoms with E-state index in [1.54, 1.807) is 43.4 Å². The van der Waals surface area contributed by atoms with E-state index in [2.05, 4.69) is 80.0 Å². The quantitative estimate of drug-likeness (QED) is 0.0496. The normalized spacial score (nSPS) is 10.5. The van der Waals surface area contributed by atoms with Crippen LogP contribution in [0.2, 0.25) is 0 Å². The SMILES string of the molecule is Cc1nc(CCc2ccc(CCSC(=O)NCC(=O)OC(C)(C)C)cc2)cs1.Cc1nc(CCc2ccc(CCSC(=O)NN)cc2)cs1.Cl.Cl. The highest BCUT2D eigenvalue weighted by molar-refractivity contribution is 8.13. The van der Waals surface area contributed by atoms with Gasteiger partial charge in [-0.05, 0) is 95.4 Å². The summed E-state index contributed by atoms with van der Waals surface area (Å²) in [4.78, 5) is 43.4. The van der Waals surface area contributed by atoms with Crippen molar-refractivity contribution in [2.24, 2.45) is 5.84 Å². The molecule has 0 aliphatic rings. The van der Waals surface area contributed by atoms with Gasteiger partial charge in [-0.15, -0.1) is 47.5 Å². The molecule has 0 atom stereocenters. The second-order valence-corrected chi connectivity index (χ2v) is 16.5. The summed E-state index contributed by atoms with van der Waals surface area (Å²) in [5, 5.41) is 8.66. The number of hydrogen-bond donors (Lipinski definition) is 3. The van der Waals surface area contributed by atoms with E-state index in [0.717, 1.165) is 60.0 Å². The molecule has 51 heavy (non-hydrogen) atoms. The summed E-state index contributed by atoms with van der Waals surface area (Å²) < 4.78 is 5.16. The molecule has 0 saturated carbocycles. The van der Waals surface area contributed by atoms with E-state index in [4.69, 9.17) is 10.6 Å². The molecule has 0 saturated heterocycles. The van der Waals surface area contributed by atoms with Crippen molar-refractivity contribution in [1.29, 1.82) is 0 Å². The highest BCUT2D eigenvalue weighted by Crippen LogP contribution is 2.15. The molecule has 15 heteroatoms. The number of aryl methyl sites for hydroxylation is 8. The number of hydrazine groups is 1. The number of nitrogens with two attached hydrogens (primary N) is 1. The van der Waals surface area contributed by atoms with E-state index in [1.807, 2.05) is 13.8 Å². The zero-order valence-corrected chi connectivity index (χ0v) is 34.6. The number of halogens is 2. The average molecular weight is 815 g/mol. The van der Waals surface area contributed by atoms with Gasteiger partial charge in [0.05, 0.1) is 21.4 Å². The molecule has 2 aromatic carbocycles. The molecule has 0 aliphatic heterocycles. The van der Waals surface area contributed by atoms with Crippen LogP contribution in [0.5, 0.6) is 0 Å². The van der Waals surface area contributed by atoms with E-state index in [0.29, 0.717) is 5.75 Å². The van der Waals surface area contributed by atoms with Crippen molar-refractivity contribution in [3.63, 3.8) is 0 Å². The minimum Gasteiger partial charge on any atom is -0.459 e. The Bertz CT molecular complexity index is 1610. The number of carbonyl (C=O) groups is 3. The largest absolute Gasteiger partial charge is 0.459 e. The smallest absolute Gasteiger partial charge is 0.325 e. The van der Waals surface area contributed by atoms with Crippen molar-refractivity contribution in [2.75, 3.05) is 18.1 Å². The Morgan fingerprint density at radius 3 is 1.43 bits per heavy atom. The number of aromatic nitrogens is 2. The maximum absolute atomic E-state index is 11.8. The van der Waals surface area contributed by atoms with E-state index < -0.39 is 11.6 Å². The summed E-state index contributed by atoms with van der Waals surface area (Å²) in [6.07, 6.45) is 5.59. The summed E-state index contributed by atoms with van der Waals surface area (Å²) >= 11 is 5.77. The lowest BCUT2D eigenvalue weighted by Crippen LogP contribution is -2.33. The van der Waals surface area contributed by atoms with Crippen molar-refractivity contribution in [1.82, 2.24) is 20.7 Å². The number of nitrogens with zero attached hydrogens (tertiary/aromatic N) is 2. The van der Waals surface area contributed by atoms with E-state index in [9.17, 15) is 14.4 Å². The first-order chi connectivity index (χ1) is 23.4. The second kappa shape index (κ2) is 24.6. The van der Waals surface area contributed by atoms with Crippen LogP contribution in [0, 0.1) is 13.8 Å². The number of nitrogens with one attached hydrogen (secondary N) is 2. The molecular formula is C36H49Cl2N5O4S4. The fraction of sp³-hybridized carbons (Fsp3) is 0.417. The van der Waals surface area contributed by atoms with Crippen molar-refractivity contribution >= 4 is 87.5 Å². The number of esters is 1. The Hall–Kier alpha value is -2.65. The molecule has 0 spiro atoms. The fourth-order valence-corrected chi connectivity index (χ4v) is 7.07. The van der Waals surface area contributed by atoms with Crippen molar-refractivity contribution < 1.29 is 19.1 Å². The Labute approximate surface area is 330 Å². The number of thiazole rings is 2. The molecule has 0 radical (unpaired) electrons. The Balaban J connectivity index is 0.000000509. The summed E-state index contributed by atoms with van der Waals surface area (Å²) in [5.74, 6) is 6.00. The maximum Gasteiger partial charge on any atom is 0.325 e. The second-order valence-electron chi connectivity index (χ2n) is 12.2. The third-order valence-electron chi connectivity index (χ3n) is 6.88. The van der Waals surface area contributed by atoms with Gasteiger partial charge in [-0.2, -0.15) is 0 Å². The van der Waals surface area contributed by atoms with E-state index in [1.165, 1.54) is 51.5 Å². The molecule has 4 aromatic rings. The topological polar surface area (TPSA) is 136 Å². The van der Waals surface area contributed by atoms with Gasteiger partial charge in [-0.3, -0.25) is 19.8 Å². The van der Waals surface area contributed by atoms with Crippen LogP contribution in [0.25, 0.3) is 0 Å². The monoisotopic (exact) mass is 813 g/mol. The third kappa shape index (κ3) is 20.2. The summed E-state index contributed by atoms with van der Waals surface area (Å²) in [5.41, 5.74) is 8.93. The number of rotatable bonds is 14. The first kappa shape index (κ1) is 46.4. The summed E-state index contributed by atoms with van der Waals surface area (Å²) in [6.45, 7) is 9.35. The molecule has 0 unspecified atom stereocenters. The number of benzene rings is 2. The van der Waals surface area contributed by atoms with E-state index in [-0.39, 0.29) is 41.8 Å². The highest BCUT2D eigenvalue weighted by Gasteiger charge is 2.16. The van der Waals surface area contributed by atoms with Crippen LogP contribution in [0.3, 0.4) is 0 Å². The lowest BCUT2D eigenvalue weighted by molar-refractivity contribution is -0.153. The van der Waals surface area contributed by atoms with Crippen LogP contribution >= 0.6 is 71.0 Å². The van der Waals surface area contributed by atoms with Crippen LogP contribution in [0.4, 0.5) is 9.59 Å². The van der Waals surface area contributed by atoms with Gasteiger partial charge < -0.3 is 10.1 Å². The third-order valence-corrected chi connectivity index (χ3v) is 10.1.